The summed E-state index contributed by atoms with van der Waals surface area (Å²) in [5.41, 5.74) is 12.6. The number of nitrogens with two attached hydrogens (primary N) is 1. The van der Waals surface area contributed by atoms with Crippen LogP contribution < -0.4 is 11.1 Å². The van der Waals surface area contributed by atoms with E-state index in [0.717, 1.165) is 38.9 Å². The number of primary amides is 1. The SMILES string of the molecule is NC(=O)[C@H](Cc1ccccc1)NC(=O)c1ccc(-c2cc(-c3cccnc3)cc(-c3ccc(Cl)c(Cl)c3)c2)cc1. The molecular weight excluding hydrogens is 541 g/mol. The van der Waals surface area contributed by atoms with Gasteiger partial charge in [0.05, 0.1) is 10.0 Å². The van der Waals surface area contributed by atoms with E-state index in [4.69, 9.17) is 28.9 Å². The van der Waals surface area contributed by atoms with E-state index >= 15 is 0 Å². The molecule has 0 unspecified atom stereocenters. The van der Waals surface area contributed by atoms with Crippen LogP contribution in [-0.4, -0.2) is 22.8 Å². The summed E-state index contributed by atoms with van der Waals surface area (Å²) in [6, 6.07) is 31.5. The van der Waals surface area contributed by atoms with E-state index in [1.54, 1.807) is 24.4 Å². The van der Waals surface area contributed by atoms with Crippen LogP contribution in [0.4, 0.5) is 0 Å². The van der Waals surface area contributed by atoms with Crippen molar-refractivity contribution in [1.29, 1.82) is 0 Å². The Labute approximate surface area is 242 Å². The molecule has 5 nitrogen and oxygen atoms in total. The highest BCUT2D eigenvalue weighted by atomic mass is 35.5. The van der Waals surface area contributed by atoms with Crippen LogP contribution in [0.2, 0.25) is 10.0 Å². The Kier molecular flexibility index (Phi) is 8.25. The molecule has 0 aliphatic carbocycles. The van der Waals surface area contributed by atoms with Gasteiger partial charge >= 0.3 is 0 Å². The topological polar surface area (TPSA) is 85.1 Å². The Morgan fingerprint density at radius 1 is 0.700 bits per heavy atom. The first-order valence-corrected chi connectivity index (χ1v) is 13.4. The first-order chi connectivity index (χ1) is 19.4. The molecule has 0 aliphatic heterocycles. The minimum atomic E-state index is -0.820. The number of halogens is 2. The summed E-state index contributed by atoms with van der Waals surface area (Å²) in [7, 11) is 0. The van der Waals surface area contributed by atoms with Crippen molar-refractivity contribution in [2.45, 2.75) is 12.5 Å². The number of nitrogens with one attached hydrogen (secondary N) is 1. The van der Waals surface area contributed by atoms with E-state index in [1.807, 2.05) is 72.9 Å². The van der Waals surface area contributed by atoms with Gasteiger partial charge in [0.2, 0.25) is 5.91 Å². The molecule has 0 bridgehead atoms. The molecule has 5 rings (SSSR count). The van der Waals surface area contributed by atoms with Crippen LogP contribution in [0.3, 0.4) is 0 Å². The van der Waals surface area contributed by atoms with Crippen LogP contribution >= 0.6 is 23.2 Å². The van der Waals surface area contributed by atoms with E-state index in [0.29, 0.717) is 22.0 Å². The molecule has 7 heteroatoms. The molecule has 40 heavy (non-hydrogen) atoms. The van der Waals surface area contributed by atoms with Gasteiger partial charge in [-0.05, 0) is 81.9 Å². The molecule has 0 saturated carbocycles. The third kappa shape index (κ3) is 6.40. The van der Waals surface area contributed by atoms with Gasteiger partial charge in [0.15, 0.2) is 0 Å². The average Bonchev–Trinajstić information content (AvgIpc) is 2.99. The second kappa shape index (κ2) is 12.2. The van der Waals surface area contributed by atoms with E-state index in [9.17, 15) is 9.59 Å². The number of hydrogen-bond donors (Lipinski definition) is 2. The smallest absolute Gasteiger partial charge is 0.251 e. The highest BCUT2D eigenvalue weighted by molar-refractivity contribution is 6.42. The highest BCUT2D eigenvalue weighted by Crippen LogP contribution is 2.35. The zero-order valence-corrected chi connectivity index (χ0v) is 22.9. The van der Waals surface area contributed by atoms with Gasteiger partial charge in [-0.2, -0.15) is 0 Å². The fraction of sp³-hybridized carbons (Fsp3) is 0.0606. The van der Waals surface area contributed by atoms with E-state index in [2.05, 4.69) is 28.5 Å². The molecular formula is C33H25Cl2N3O2. The first-order valence-electron chi connectivity index (χ1n) is 12.6. The van der Waals surface area contributed by atoms with Crippen molar-refractivity contribution in [3.8, 4) is 33.4 Å². The predicted octanol–water partition coefficient (Wildman–Crippen LogP) is 7.22. The van der Waals surface area contributed by atoms with Gasteiger partial charge in [0, 0.05) is 29.9 Å². The van der Waals surface area contributed by atoms with Crippen LogP contribution in [-0.2, 0) is 11.2 Å². The number of aromatic nitrogens is 1. The normalized spacial score (nSPS) is 11.6. The highest BCUT2D eigenvalue weighted by Gasteiger charge is 2.19. The van der Waals surface area contributed by atoms with Crippen LogP contribution in [0.1, 0.15) is 15.9 Å². The largest absolute Gasteiger partial charge is 0.368 e. The molecule has 198 valence electrons. The molecule has 1 atom stereocenters. The molecule has 0 radical (unpaired) electrons. The van der Waals surface area contributed by atoms with Crippen molar-refractivity contribution in [2.75, 3.05) is 0 Å². The fourth-order valence-electron chi connectivity index (χ4n) is 4.46. The van der Waals surface area contributed by atoms with Gasteiger partial charge < -0.3 is 11.1 Å². The van der Waals surface area contributed by atoms with Crippen LogP contribution in [0.15, 0.2) is 116 Å². The van der Waals surface area contributed by atoms with Crippen molar-refractivity contribution >= 4 is 35.0 Å². The summed E-state index contributed by atoms with van der Waals surface area (Å²) >= 11 is 12.5. The molecule has 4 aromatic carbocycles. The van der Waals surface area contributed by atoms with Crippen molar-refractivity contribution in [1.82, 2.24) is 10.3 Å². The Hall–Kier alpha value is -4.45. The number of hydrogen-bond acceptors (Lipinski definition) is 3. The molecule has 3 N–H and O–H groups in total. The summed E-state index contributed by atoms with van der Waals surface area (Å²) in [5, 5.41) is 3.74. The molecule has 5 aromatic rings. The fourth-order valence-corrected chi connectivity index (χ4v) is 4.76. The molecule has 0 fully saturated rings. The Bertz CT molecular complexity index is 1660. The Morgan fingerprint density at radius 3 is 1.98 bits per heavy atom. The maximum absolute atomic E-state index is 13.0. The second-order valence-corrected chi connectivity index (χ2v) is 10.2. The minimum Gasteiger partial charge on any atom is -0.368 e. The van der Waals surface area contributed by atoms with E-state index in [1.165, 1.54) is 0 Å². The summed E-state index contributed by atoms with van der Waals surface area (Å²) in [6.45, 7) is 0. The van der Waals surface area contributed by atoms with Crippen molar-refractivity contribution in [2.24, 2.45) is 5.73 Å². The lowest BCUT2D eigenvalue weighted by Crippen LogP contribution is -2.45. The van der Waals surface area contributed by atoms with Gasteiger partial charge in [-0.1, -0.05) is 77.8 Å². The Balaban J connectivity index is 1.44. The first kappa shape index (κ1) is 27.1. The lowest BCUT2D eigenvalue weighted by molar-refractivity contribution is -0.119. The minimum absolute atomic E-state index is 0.318. The number of carbonyl (C=O) groups excluding carboxylic acids is 2. The number of rotatable bonds is 8. The zero-order chi connectivity index (χ0) is 28.1. The molecule has 0 saturated heterocycles. The van der Waals surface area contributed by atoms with Gasteiger partial charge in [-0.25, -0.2) is 0 Å². The van der Waals surface area contributed by atoms with E-state index in [-0.39, 0.29) is 5.91 Å². The third-order valence-corrected chi connectivity index (χ3v) is 7.33. The van der Waals surface area contributed by atoms with Crippen LogP contribution in [0.5, 0.6) is 0 Å². The maximum Gasteiger partial charge on any atom is 0.251 e. The van der Waals surface area contributed by atoms with Gasteiger partial charge in [0.1, 0.15) is 6.04 Å². The summed E-state index contributed by atoms with van der Waals surface area (Å²) in [5.74, 6) is -0.956. The number of carbonyl (C=O) groups is 2. The van der Waals surface area contributed by atoms with Crippen molar-refractivity contribution < 1.29 is 9.59 Å². The number of amides is 2. The van der Waals surface area contributed by atoms with Crippen LogP contribution in [0, 0.1) is 0 Å². The Morgan fingerprint density at radius 2 is 1.35 bits per heavy atom. The number of pyridine rings is 1. The third-order valence-electron chi connectivity index (χ3n) is 6.59. The molecule has 0 aliphatic rings. The van der Waals surface area contributed by atoms with Gasteiger partial charge in [-0.3, -0.25) is 14.6 Å². The van der Waals surface area contributed by atoms with E-state index < -0.39 is 11.9 Å². The summed E-state index contributed by atoms with van der Waals surface area (Å²) < 4.78 is 0. The second-order valence-electron chi connectivity index (χ2n) is 9.37. The average molecular weight is 566 g/mol. The lowest BCUT2D eigenvalue weighted by atomic mass is 9.93. The van der Waals surface area contributed by atoms with Crippen LogP contribution in [0.25, 0.3) is 33.4 Å². The van der Waals surface area contributed by atoms with Crippen molar-refractivity contribution in [3.63, 3.8) is 0 Å². The van der Waals surface area contributed by atoms with Gasteiger partial charge in [0.25, 0.3) is 5.91 Å². The zero-order valence-electron chi connectivity index (χ0n) is 21.4. The number of benzene rings is 4. The number of nitrogens with zero attached hydrogens (tertiary/aromatic N) is 1. The maximum atomic E-state index is 13.0. The quantitative estimate of drug-likeness (QED) is 0.208. The molecule has 1 heterocycles. The predicted molar refractivity (Wildman–Crippen MR) is 161 cm³/mol. The molecule has 1 aromatic heterocycles. The van der Waals surface area contributed by atoms with Crippen molar-refractivity contribution in [3.05, 3.63) is 137 Å². The standard InChI is InChI=1S/C33H25Cl2N3O2/c34-29-13-12-24(19-30(29)35)27-16-26(17-28(18-27)25-7-4-14-37-20-25)22-8-10-23(11-9-22)33(40)38-31(32(36)39)15-21-5-2-1-3-6-21/h1-14,16-20,31H,15H2,(H2,36,39)(H,38,40)/t31-/m0/s1. The monoisotopic (exact) mass is 565 g/mol. The molecule has 0 spiro atoms. The van der Waals surface area contributed by atoms with Gasteiger partial charge in [-0.15, -0.1) is 0 Å². The summed E-state index contributed by atoms with van der Waals surface area (Å²) in [4.78, 5) is 29.3. The summed E-state index contributed by atoms with van der Waals surface area (Å²) in [6.07, 6.45) is 3.87. The molecule has 2 amide bonds. The lowest BCUT2D eigenvalue weighted by Gasteiger charge is -2.16.